The molecule has 1 saturated carbocycles. The van der Waals surface area contributed by atoms with Crippen LogP contribution in [0.4, 0.5) is 0 Å². The monoisotopic (exact) mass is 304 g/mol. The van der Waals surface area contributed by atoms with Gasteiger partial charge in [0.05, 0.1) is 17.0 Å². The van der Waals surface area contributed by atoms with E-state index in [1.807, 2.05) is 29.3 Å². The standard InChI is InChI=1S/C16H20N2O2S/c1-10(2)18(12-6-7-12)15(19)9-13-11(3)20-16(17-13)14-5-4-8-21-14/h4-5,8,10,12H,6-7,9H2,1-3H3. The summed E-state index contributed by atoms with van der Waals surface area (Å²) in [6.45, 7) is 6.02. The van der Waals surface area contributed by atoms with Gasteiger partial charge in [0.2, 0.25) is 11.8 Å². The SMILES string of the molecule is Cc1oc(-c2cccs2)nc1CC(=O)N(C(C)C)C1CC1. The van der Waals surface area contributed by atoms with Crippen molar-refractivity contribution in [3.8, 4) is 10.8 Å². The molecule has 21 heavy (non-hydrogen) atoms. The molecule has 1 aliphatic rings. The predicted octanol–water partition coefficient (Wildman–Crippen LogP) is 3.65. The topological polar surface area (TPSA) is 46.3 Å². The molecule has 0 atom stereocenters. The molecule has 2 heterocycles. The van der Waals surface area contributed by atoms with Gasteiger partial charge in [-0.15, -0.1) is 11.3 Å². The summed E-state index contributed by atoms with van der Waals surface area (Å²) in [6, 6.07) is 4.62. The number of rotatable bonds is 5. The minimum Gasteiger partial charge on any atom is -0.440 e. The highest BCUT2D eigenvalue weighted by atomic mass is 32.1. The summed E-state index contributed by atoms with van der Waals surface area (Å²) in [7, 11) is 0. The number of aryl methyl sites for hydroxylation is 1. The zero-order valence-electron chi connectivity index (χ0n) is 12.6. The maximum Gasteiger partial charge on any atom is 0.236 e. The van der Waals surface area contributed by atoms with Crippen molar-refractivity contribution in [2.75, 3.05) is 0 Å². The second kappa shape index (κ2) is 5.64. The molecule has 0 aliphatic heterocycles. The van der Waals surface area contributed by atoms with Crippen molar-refractivity contribution in [1.82, 2.24) is 9.88 Å². The summed E-state index contributed by atoms with van der Waals surface area (Å²) < 4.78 is 5.70. The molecule has 0 saturated heterocycles. The van der Waals surface area contributed by atoms with Gasteiger partial charge in [0.15, 0.2) is 0 Å². The van der Waals surface area contributed by atoms with E-state index >= 15 is 0 Å². The number of oxazole rings is 1. The van der Waals surface area contributed by atoms with Gasteiger partial charge in [-0.05, 0) is 45.1 Å². The van der Waals surface area contributed by atoms with Crippen LogP contribution in [-0.2, 0) is 11.2 Å². The van der Waals surface area contributed by atoms with Crippen LogP contribution >= 0.6 is 11.3 Å². The second-order valence-electron chi connectivity index (χ2n) is 5.80. The van der Waals surface area contributed by atoms with Crippen LogP contribution in [-0.4, -0.2) is 27.9 Å². The number of hydrogen-bond donors (Lipinski definition) is 0. The minimum atomic E-state index is 0.154. The molecule has 112 valence electrons. The Labute approximate surface area is 128 Å². The fourth-order valence-corrected chi connectivity index (χ4v) is 3.25. The Morgan fingerprint density at radius 1 is 1.52 bits per heavy atom. The van der Waals surface area contributed by atoms with E-state index in [1.54, 1.807) is 11.3 Å². The first-order chi connectivity index (χ1) is 10.1. The minimum absolute atomic E-state index is 0.154. The molecule has 0 radical (unpaired) electrons. The van der Waals surface area contributed by atoms with Crippen LogP contribution in [0, 0.1) is 6.92 Å². The van der Waals surface area contributed by atoms with Crippen LogP contribution < -0.4 is 0 Å². The Morgan fingerprint density at radius 2 is 2.29 bits per heavy atom. The normalized spacial score (nSPS) is 14.7. The van der Waals surface area contributed by atoms with Crippen molar-refractivity contribution < 1.29 is 9.21 Å². The van der Waals surface area contributed by atoms with Crippen molar-refractivity contribution in [3.05, 3.63) is 29.0 Å². The lowest BCUT2D eigenvalue weighted by Gasteiger charge is -2.26. The van der Waals surface area contributed by atoms with Crippen LogP contribution in [0.2, 0.25) is 0 Å². The molecule has 2 aromatic rings. The number of nitrogens with zero attached hydrogens (tertiary/aromatic N) is 2. The molecule has 1 fully saturated rings. The molecule has 0 aromatic carbocycles. The predicted molar refractivity (Wildman–Crippen MR) is 83.3 cm³/mol. The van der Waals surface area contributed by atoms with Crippen LogP contribution in [0.1, 0.15) is 38.1 Å². The van der Waals surface area contributed by atoms with Gasteiger partial charge in [-0.2, -0.15) is 0 Å². The highest BCUT2D eigenvalue weighted by Crippen LogP contribution is 2.30. The maximum absolute atomic E-state index is 12.5. The second-order valence-corrected chi connectivity index (χ2v) is 6.75. The Morgan fingerprint density at radius 3 is 2.86 bits per heavy atom. The number of amides is 1. The third kappa shape index (κ3) is 3.02. The largest absolute Gasteiger partial charge is 0.440 e. The van der Waals surface area contributed by atoms with Gasteiger partial charge in [0, 0.05) is 12.1 Å². The maximum atomic E-state index is 12.5. The molecule has 0 N–H and O–H groups in total. The first-order valence-corrected chi connectivity index (χ1v) is 8.25. The molecule has 4 nitrogen and oxygen atoms in total. The van der Waals surface area contributed by atoms with Crippen LogP contribution in [0.15, 0.2) is 21.9 Å². The first kappa shape index (κ1) is 14.3. The van der Waals surface area contributed by atoms with Crippen LogP contribution in [0.3, 0.4) is 0 Å². The van der Waals surface area contributed by atoms with E-state index < -0.39 is 0 Å². The lowest BCUT2D eigenvalue weighted by molar-refractivity contribution is -0.132. The molecular formula is C16H20N2O2S. The van der Waals surface area contributed by atoms with Crippen LogP contribution in [0.25, 0.3) is 10.8 Å². The van der Waals surface area contributed by atoms with E-state index in [9.17, 15) is 4.79 Å². The van der Waals surface area contributed by atoms with E-state index in [4.69, 9.17) is 4.42 Å². The zero-order valence-corrected chi connectivity index (χ0v) is 13.4. The van der Waals surface area contributed by atoms with Gasteiger partial charge in [0.25, 0.3) is 0 Å². The number of carbonyl (C=O) groups excluding carboxylic acids is 1. The molecule has 3 rings (SSSR count). The van der Waals surface area contributed by atoms with Crippen molar-refractivity contribution in [2.45, 2.75) is 52.1 Å². The fraction of sp³-hybridized carbons (Fsp3) is 0.500. The van der Waals surface area contributed by atoms with Crippen molar-refractivity contribution in [3.63, 3.8) is 0 Å². The van der Waals surface area contributed by atoms with Gasteiger partial charge in [-0.3, -0.25) is 4.79 Å². The quantitative estimate of drug-likeness (QED) is 0.847. The summed E-state index contributed by atoms with van der Waals surface area (Å²) in [6.07, 6.45) is 2.58. The lowest BCUT2D eigenvalue weighted by atomic mass is 10.2. The average molecular weight is 304 g/mol. The lowest BCUT2D eigenvalue weighted by Crippen LogP contribution is -2.39. The van der Waals surface area contributed by atoms with Gasteiger partial charge < -0.3 is 9.32 Å². The Bertz CT molecular complexity index is 625. The highest BCUT2D eigenvalue weighted by Gasteiger charge is 2.34. The summed E-state index contributed by atoms with van der Waals surface area (Å²) in [4.78, 5) is 20.0. The number of carbonyl (C=O) groups is 1. The molecule has 2 aromatic heterocycles. The average Bonchev–Trinajstić information content (AvgIpc) is 2.97. The van der Waals surface area contributed by atoms with Gasteiger partial charge in [0.1, 0.15) is 5.76 Å². The molecule has 1 amide bonds. The summed E-state index contributed by atoms with van der Waals surface area (Å²) in [5.74, 6) is 1.51. The third-order valence-electron chi connectivity index (χ3n) is 3.73. The number of aromatic nitrogens is 1. The van der Waals surface area contributed by atoms with Crippen LogP contribution in [0.5, 0.6) is 0 Å². The number of thiophene rings is 1. The summed E-state index contributed by atoms with van der Waals surface area (Å²) in [5.41, 5.74) is 0.759. The van der Waals surface area contributed by atoms with E-state index in [0.29, 0.717) is 18.4 Å². The highest BCUT2D eigenvalue weighted by molar-refractivity contribution is 7.13. The van der Waals surface area contributed by atoms with E-state index in [-0.39, 0.29) is 11.9 Å². The molecule has 1 aliphatic carbocycles. The smallest absolute Gasteiger partial charge is 0.236 e. The summed E-state index contributed by atoms with van der Waals surface area (Å²) in [5, 5.41) is 1.99. The Balaban J connectivity index is 1.77. The molecule has 0 unspecified atom stereocenters. The van der Waals surface area contributed by atoms with Crippen molar-refractivity contribution >= 4 is 17.2 Å². The molecule has 0 bridgehead atoms. The molecule has 5 heteroatoms. The molecule has 0 spiro atoms. The van der Waals surface area contributed by atoms with Gasteiger partial charge in [-0.1, -0.05) is 6.07 Å². The Kier molecular flexibility index (Phi) is 3.85. The van der Waals surface area contributed by atoms with Crippen molar-refractivity contribution in [2.24, 2.45) is 0 Å². The van der Waals surface area contributed by atoms with Crippen molar-refractivity contribution in [1.29, 1.82) is 0 Å². The van der Waals surface area contributed by atoms with Gasteiger partial charge in [-0.25, -0.2) is 4.98 Å². The third-order valence-corrected chi connectivity index (χ3v) is 4.59. The molecular weight excluding hydrogens is 284 g/mol. The summed E-state index contributed by atoms with van der Waals surface area (Å²) >= 11 is 1.59. The zero-order chi connectivity index (χ0) is 15.0. The fourth-order valence-electron chi connectivity index (χ4n) is 2.60. The van der Waals surface area contributed by atoms with Gasteiger partial charge >= 0.3 is 0 Å². The van der Waals surface area contributed by atoms with E-state index in [0.717, 1.165) is 29.2 Å². The first-order valence-electron chi connectivity index (χ1n) is 7.37. The number of hydrogen-bond acceptors (Lipinski definition) is 4. The Hall–Kier alpha value is -1.62. The van der Waals surface area contributed by atoms with E-state index in [1.165, 1.54) is 0 Å². The van der Waals surface area contributed by atoms with E-state index in [2.05, 4.69) is 18.8 Å².